The molecule has 0 saturated heterocycles. The van der Waals surface area contributed by atoms with Crippen molar-refractivity contribution in [3.63, 3.8) is 0 Å². The van der Waals surface area contributed by atoms with E-state index < -0.39 is 0 Å². The summed E-state index contributed by atoms with van der Waals surface area (Å²) in [5.41, 5.74) is 2.90. The van der Waals surface area contributed by atoms with Crippen LogP contribution in [0.25, 0.3) is 0 Å². The highest BCUT2D eigenvalue weighted by atomic mass is 35.5. The third-order valence-electron chi connectivity index (χ3n) is 4.15. The Hall–Kier alpha value is -2.37. The van der Waals surface area contributed by atoms with Crippen LogP contribution in [-0.2, 0) is 20.9 Å². The van der Waals surface area contributed by atoms with E-state index in [1.165, 1.54) is 7.11 Å². The Kier molecular flexibility index (Phi) is 6.26. The molecule has 136 valence electrons. The van der Waals surface area contributed by atoms with E-state index in [-0.39, 0.29) is 18.6 Å². The molecule has 0 spiro atoms. The van der Waals surface area contributed by atoms with Crippen LogP contribution in [0.2, 0.25) is 5.02 Å². The minimum atomic E-state index is -0.176. The van der Waals surface area contributed by atoms with E-state index in [1.54, 1.807) is 4.90 Å². The lowest BCUT2D eigenvalue weighted by Gasteiger charge is -2.25. The van der Waals surface area contributed by atoms with E-state index in [0.717, 1.165) is 16.8 Å². The van der Waals surface area contributed by atoms with Gasteiger partial charge < -0.3 is 14.5 Å². The summed E-state index contributed by atoms with van der Waals surface area (Å²) in [5.74, 6) is -0.0933. The number of methoxy groups -OCH3 is 1. The van der Waals surface area contributed by atoms with Crippen LogP contribution in [0.4, 0.5) is 0 Å². The maximum absolute atomic E-state index is 12.4. The molecule has 2 aromatic rings. The third kappa shape index (κ3) is 4.84. The molecule has 0 N–H and O–H groups in total. The molecule has 2 aromatic carbocycles. The summed E-state index contributed by atoms with van der Waals surface area (Å²) in [6.45, 7) is 0.914. The molecule has 1 amide bonds. The zero-order chi connectivity index (χ0) is 18.4. The van der Waals surface area contributed by atoms with Crippen molar-refractivity contribution in [2.24, 2.45) is 5.16 Å². The summed E-state index contributed by atoms with van der Waals surface area (Å²) >= 11 is 6.06. The van der Waals surface area contributed by atoms with Gasteiger partial charge in [0.25, 0.3) is 0 Å². The number of hydrogen-bond donors (Lipinski definition) is 0. The summed E-state index contributed by atoms with van der Waals surface area (Å²) in [6.07, 6.45) is 0.487. The second-order valence-corrected chi connectivity index (χ2v) is 6.61. The van der Waals surface area contributed by atoms with Gasteiger partial charge in [0.15, 0.2) is 6.10 Å². The van der Waals surface area contributed by atoms with Gasteiger partial charge in [-0.2, -0.15) is 0 Å². The summed E-state index contributed by atoms with van der Waals surface area (Å²) in [6, 6.07) is 17.4. The summed E-state index contributed by atoms with van der Waals surface area (Å²) < 4.78 is 5.01. The van der Waals surface area contributed by atoms with E-state index in [1.807, 2.05) is 54.6 Å². The lowest BCUT2D eigenvalue weighted by molar-refractivity contribution is -0.137. The van der Waals surface area contributed by atoms with Crippen molar-refractivity contribution in [2.75, 3.05) is 20.3 Å². The number of hydrogen-bond acceptors (Lipinski definition) is 4. The standard InChI is InChI=1S/C20H21ClN2O3/c1-25-14-20(24)23(12-15-6-5-9-17(21)10-15)13-18-11-19(22-26-18)16-7-3-2-4-8-16/h2-10,18H,11-14H2,1H3/t18-/m0/s1. The maximum atomic E-state index is 12.4. The first kappa shape index (κ1) is 18.4. The zero-order valence-corrected chi connectivity index (χ0v) is 15.4. The molecule has 1 aliphatic heterocycles. The van der Waals surface area contributed by atoms with Gasteiger partial charge in [0.05, 0.1) is 12.3 Å². The normalized spacial score (nSPS) is 16.1. The van der Waals surface area contributed by atoms with Crippen molar-refractivity contribution in [3.8, 4) is 0 Å². The predicted octanol–water partition coefficient (Wildman–Crippen LogP) is 3.51. The molecule has 0 unspecified atom stereocenters. The molecule has 0 saturated carbocycles. The molecule has 26 heavy (non-hydrogen) atoms. The van der Waals surface area contributed by atoms with Crippen LogP contribution < -0.4 is 0 Å². The molecule has 1 heterocycles. The van der Waals surface area contributed by atoms with E-state index in [0.29, 0.717) is 24.5 Å². The van der Waals surface area contributed by atoms with Gasteiger partial charge in [0.2, 0.25) is 5.91 Å². The highest BCUT2D eigenvalue weighted by molar-refractivity contribution is 6.30. The van der Waals surface area contributed by atoms with Crippen LogP contribution in [0.3, 0.4) is 0 Å². The monoisotopic (exact) mass is 372 g/mol. The highest BCUT2D eigenvalue weighted by Gasteiger charge is 2.26. The van der Waals surface area contributed by atoms with E-state index >= 15 is 0 Å². The van der Waals surface area contributed by atoms with Crippen molar-refractivity contribution >= 4 is 23.2 Å². The van der Waals surface area contributed by atoms with E-state index in [2.05, 4.69) is 5.16 Å². The Morgan fingerprint density at radius 2 is 2.08 bits per heavy atom. The summed E-state index contributed by atoms with van der Waals surface area (Å²) in [4.78, 5) is 19.7. The summed E-state index contributed by atoms with van der Waals surface area (Å²) in [5, 5.41) is 4.84. The molecule has 0 fully saturated rings. The van der Waals surface area contributed by atoms with Gasteiger partial charge in [-0.05, 0) is 23.3 Å². The van der Waals surface area contributed by atoms with E-state index in [4.69, 9.17) is 21.2 Å². The van der Waals surface area contributed by atoms with Crippen molar-refractivity contribution in [2.45, 2.75) is 19.1 Å². The van der Waals surface area contributed by atoms with Gasteiger partial charge in [0, 0.05) is 25.1 Å². The average Bonchev–Trinajstić information content (AvgIpc) is 3.11. The van der Waals surface area contributed by atoms with Gasteiger partial charge in [0.1, 0.15) is 6.61 Å². The van der Waals surface area contributed by atoms with Crippen LogP contribution in [0.15, 0.2) is 59.8 Å². The van der Waals surface area contributed by atoms with Crippen LogP contribution in [0, 0.1) is 0 Å². The molecule has 3 rings (SSSR count). The van der Waals surface area contributed by atoms with Gasteiger partial charge in [-0.15, -0.1) is 0 Å². The Labute approximate surface area is 158 Å². The molecule has 1 atom stereocenters. The first-order valence-electron chi connectivity index (χ1n) is 8.45. The fourth-order valence-corrected chi connectivity index (χ4v) is 3.11. The number of benzene rings is 2. The van der Waals surface area contributed by atoms with Crippen molar-refractivity contribution in [1.29, 1.82) is 0 Å². The molecular weight excluding hydrogens is 352 g/mol. The minimum absolute atomic E-state index is 0.0275. The van der Waals surface area contributed by atoms with Crippen LogP contribution in [0.1, 0.15) is 17.5 Å². The molecule has 1 aliphatic rings. The second kappa shape index (κ2) is 8.83. The molecule has 6 heteroatoms. The van der Waals surface area contributed by atoms with Gasteiger partial charge in [-0.1, -0.05) is 59.2 Å². The largest absolute Gasteiger partial charge is 0.390 e. The number of oxime groups is 1. The molecule has 0 bridgehead atoms. The first-order chi connectivity index (χ1) is 12.7. The quantitative estimate of drug-likeness (QED) is 0.747. The number of carbonyl (C=O) groups excluding carboxylic acids is 1. The average molecular weight is 373 g/mol. The number of amides is 1. The zero-order valence-electron chi connectivity index (χ0n) is 14.6. The molecule has 0 radical (unpaired) electrons. The van der Waals surface area contributed by atoms with Crippen molar-refractivity contribution < 1.29 is 14.4 Å². The fourth-order valence-electron chi connectivity index (χ4n) is 2.90. The molecule has 0 aromatic heterocycles. The van der Waals surface area contributed by atoms with Gasteiger partial charge in [-0.3, -0.25) is 4.79 Å². The molecule has 0 aliphatic carbocycles. The Morgan fingerprint density at radius 3 is 2.81 bits per heavy atom. The number of halogens is 1. The van der Waals surface area contributed by atoms with Crippen LogP contribution >= 0.6 is 11.6 Å². The second-order valence-electron chi connectivity index (χ2n) is 6.17. The Bertz CT molecular complexity index is 780. The number of carbonyl (C=O) groups is 1. The fraction of sp³-hybridized carbons (Fsp3) is 0.300. The Morgan fingerprint density at radius 1 is 1.27 bits per heavy atom. The molecule has 5 nitrogen and oxygen atoms in total. The van der Waals surface area contributed by atoms with Crippen molar-refractivity contribution in [3.05, 3.63) is 70.7 Å². The topological polar surface area (TPSA) is 51.1 Å². The maximum Gasteiger partial charge on any atom is 0.248 e. The van der Waals surface area contributed by atoms with Gasteiger partial charge in [-0.25, -0.2) is 0 Å². The lowest BCUT2D eigenvalue weighted by atomic mass is 10.0. The number of ether oxygens (including phenoxy) is 1. The van der Waals surface area contributed by atoms with E-state index in [9.17, 15) is 4.79 Å². The highest BCUT2D eigenvalue weighted by Crippen LogP contribution is 2.19. The predicted molar refractivity (Wildman–Crippen MR) is 101 cm³/mol. The van der Waals surface area contributed by atoms with Gasteiger partial charge >= 0.3 is 0 Å². The Balaban J connectivity index is 1.66. The van der Waals surface area contributed by atoms with Crippen LogP contribution in [0.5, 0.6) is 0 Å². The molecular formula is C20H21ClN2O3. The lowest BCUT2D eigenvalue weighted by Crippen LogP contribution is -2.39. The third-order valence-corrected chi connectivity index (χ3v) is 4.38. The number of nitrogens with zero attached hydrogens (tertiary/aromatic N) is 2. The number of rotatable bonds is 7. The first-order valence-corrected chi connectivity index (χ1v) is 8.83. The van der Waals surface area contributed by atoms with Crippen molar-refractivity contribution in [1.82, 2.24) is 4.90 Å². The SMILES string of the molecule is COCC(=O)N(Cc1cccc(Cl)c1)C[C@@H]1CC(c2ccccc2)=NO1. The smallest absolute Gasteiger partial charge is 0.248 e. The van der Waals surface area contributed by atoms with Crippen LogP contribution in [-0.4, -0.2) is 42.9 Å². The summed E-state index contributed by atoms with van der Waals surface area (Å²) in [7, 11) is 1.51. The minimum Gasteiger partial charge on any atom is -0.390 e.